The summed E-state index contributed by atoms with van der Waals surface area (Å²) in [6, 6.07) is 34.2. The van der Waals surface area contributed by atoms with Crippen LogP contribution in [0.3, 0.4) is 0 Å². The maximum absolute atomic E-state index is 6.01. The fourth-order valence-corrected chi connectivity index (χ4v) is 12.7. The molecule has 0 radical (unpaired) electrons. The zero-order chi connectivity index (χ0) is 33.9. The fourth-order valence-electron chi connectivity index (χ4n) is 8.25. The zero-order valence-corrected chi connectivity index (χ0v) is 34.2. The number of benzene rings is 3. The molecular formula is C42H49Cl2NOSiZr. The van der Waals surface area contributed by atoms with E-state index in [1.165, 1.54) is 94.7 Å². The van der Waals surface area contributed by atoms with Crippen molar-refractivity contribution in [1.29, 1.82) is 0 Å². The van der Waals surface area contributed by atoms with Gasteiger partial charge in [0.05, 0.1) is 5.60 Å². The second kappa shape index (κ2) is 15.5. The van der Waals surface area contributed by atoms with E-state index in [1.54, 1.807) is 21.5 Å². The van der Waals surface area contributed by atoms with Gasteiger partial charge in [-0.1, -0.05) is 93.4 Å². The first-order valence-electron chi connectivity index (χ1n) is 17.7. The Morgan fingerprint density at radius 3 is 2.33 bits per heavy atom. The molecule has 6 heteroatoms. The fraction of sp³-hybridized carbons (Fsp3) is 0.381. The molecule has 0 fully saturated rings. The molecule has 1 heterocycles. The van der Waals surface area contributed by atoms with Crippen LogP contribution < -0.4 is 10.4 Å². The van der Waals surface area contributed by atoms with Crippen LogP contribution in [0.4, 0.5) is 0 Å². The van der Waals surface area contributed by atoms with Crippen molar-refractivity contribution in [3.8, 4) is 11.1 Å². The molecule has 0 spiro atoms. The summed E-state index contributed by atoms with van der Waals surface area (Å²) in [5.41, 5.74) is 8.55. The predicted octanol–water partition coefficient (Wildman–Crippen LogP) is 11.4. The molecule has 0 amide bonds. The molecule has 1 aliphatic rings. The van der Waals surface area contributed by atoms with Gasteiger partial charge in [0.15, 0.2) is 0 Å². The third kappa shape index (κ3) is 7.40. The third-order valence-corrected chi connectivity index (χ3v) is 15.3. The topological polar surface area (TPSA) is 14.2 Å². The van der Waals surface area contributed by atoms with Crippen LogP contribution in [0.15, 0.2) is 84.9 Å². The standard InChI is InChI=1S/C42H49NOSi.2ClH.Zr/c1-42(2,3)44-27-12-6-7-13-28-45(5,40-25-22-30-15-8-9-16-33(30)40)41-26-23-34-32(18-14-19-36(34)41)31-21-24-39-37(29-31)35-17-10-11-20-38(35)43(39)4;;;/h10-11,14,17-26,29H,6-9,12-13,15-16,27-28H2,1-5H3;2*1H;/q-2;;;+4/p-2. The average molecular weight is 774 g/mol. The average Bonchev–Trinajstić information content (AvgIpc) is 3.79. The van der Waals surface area contributed by atoms with Crippen molar-refractivity contribution >= 4 is 68.1 Å². The molecule has 1 aliphatic carbocycles. The SMILES string of the molecule is Cn1c2ccccc2c2cc(-c3cccc4c3cc[c-]4[Si](C)(CCCCCCOC(C)(C)C)[c-]3ccc4c3CCCC4)ccc21.[Cl][Zr+2][Cl]. The van der Waals surface area contributed by atoms with Gasteiger partial charge in [-0.25, -0.2) is 6.07 Å². The Morgan fingerprint density at radius 1 is 0.792 bits per heavy atom. The van der Waals surface area contributed by atoms with Gasteiger partial charge in [0.1, 0.15) is 0 Å². The molecule has 1 atom stereocenters. The minimum absolute atomic E-state index is 0.0410. The molecule has 5 aromatic carbocycles. The number of unbranched alkanes of at least 4 members (excludes halogenated alkanes) is 3. The Bertz CT molecular complexity index is 2000. The monoisotopic (exact) mass is 771 g/mol. The van der Waals surface area contributed by atoms with Gasteiger partial charge in [-0.05, 0) is 51.0 Å². The Kier molecular flexibility index (Phi) is 11.6. The normalized spacial score (nSPS) is 14.5. The van der Waals surface area contributed by atoms with Gasteiger partial charge >= 0.3 is 37.9 Å². The van der Waals surface area contributed by atoms with E-state index in [0.29, 0.717) is 0 Å². The van der Waals surface area contributed by atoms with Crippen LogP contribution in [0, 0.1) is 0 Å². The van der Waals surface area contributed by atoms with E-state index in [1.807, 2.05) is 0 Å². The van der Waals surface area contributed by atoms with Crippen molar-refractivity contribution in [2.75, 3.05) is 6.61 Å². The summed E-state index contributed by atoms with van der Waals surface area (Å²) in [5, 5.41) is 8.92. The number of rotatable bonds is 10. The number of hydrogen-bond donors (Lipinski definition) is 0. The van der Waals surface area contributed by atoms with Gasteiger partial charge in [0.25, 0.3) is 0 Å². The maximum atomic E-state index is 6.01. The van der Waals surface area contributed by atoms with Crippen molar-refractivity contribution in [3.63, 3.8) is 0 Å². The Balaban J connectivity index is 0.00000129. The molecule has 0 bridgehead atoms. The molecule has 7 rings (SSSR count). The molecule has 1 unspecified atom stereocenters. The number of aromatic nitrogens is 1. The van der Waals surface area contributed by atoms with Crippen LogP contribution in [-0.4, -0.2) is 24.8 Å². The first-order chi connectivity index (χ1) is 23.2. The van der Waals surface area contributed by atoms with Crippen LogP contribution in [0.25, 0.3) is 43.7 Å². The van der Waals surface area contributed by atoms with Crippen LogP contribution in [-0.2, 0) is 45.5 Å². The van der Waals surface area contributed by atoms with Crippen molar-refractivity contribution in [1.82, 2.24) is 4.57 Å². The summed E-state index contributed by atoms with van der Waals surface area (Å²) in [5.74, 6) is 0. The molecule has 2 nitrogen and oxygen atoms in total. The van der Waals surface area contributed by atoms with Crippen LogP contribution in [0.5, 0.6) is 0 Å². The van der Waals surface area contributed by atoms with Crippen molar-refractivity contribution in [2.24, 2.45) is 7.05 Å². The summed E-state index contributed by atoms with van der Waals surface area (Å²) in [7, 11) is 10.1. The van der Waals surface area contributed by atoms with Gasteiger partial charge in [-0.2, -0.15) is 34.5 Å². The Labute approximate surface area is 307 Å². The number of aryl methyl sites for hydroxylation is 2. The van der Waals surface area contributed by atoms with E-state index < -0.39 is 28.9 Å². The van der Waals surface area contributed by atoms with Crippen molar-refractivity contribution in [3.05, 3.63) is 96.1 Å². The summed E-state index contributed by atoms with van der Waals surface area (Å²) >= 11 is -0.826. The molecule has 6 aromatic rings. The van der Waals surface area contributed by atoms with E-state index in [4.69, 9.17) is 21.8 Å². The van der Waals surface area contributed by atoms with E-state index in [9.17, 15) is 0 Å². The Hall–Kier alpha value is -1.94. The first-order valence-corrected chi connectivity index (χ1v) is 26.7. The van der Waals surface area contributed by atoms with Gasteiger partial charge in [0, 0.05) is 43.5 Å². The van der Waals surface area contributed by atoms with Gasteiger partial charge in [0.2, 0.25) is 0 Å². The van der Waals surface area contributed by atoms with E-state index in [-0.39, 0.29) is 5.60 Å². The molecule has 0 saturated carbocycles. The quantitative estimate of drug-likeness (QED) is 0.0768. The van der Waals surface area contributed by atoms with Crippen LogP contribution >= 0.6 is 17.0 Å². The second-order valence-electron chi connectivity index (χ2n) is 14.8. The van der Waals surface area contributed by atoms with Crippen molar-refractivity contribution < 1.29 is 25.6 Å². The Morgan fingerprint density at radius 2 is 1.52 bits per heavy atom. The van der Waals surface area contributed by atoms with Gasteiger partial charge in [-0.3, -0.25) is 0 Å². The van der Waals surface area contributed by atoms with E-state index >= 15 is 0 Å². The number of fused-ring (bicyclic) bond motifs is 5. The van der Waals surface area contributed by atoms with Gasteiger partial charge < -0.3 is 9.30 Å². The molecule has 250 valence electrons. The van der Waals surface area contributed by atoms with Crippen LogP contribution in [0.1, 0.15) is 70.4 Å². The van der Waals surface area contributed by atoms with E-state index in [2.05, 4.69) is 124 Å². The summed E-state index contributed by atoms with van der Waals surface area (Å²) in [4.78, 5) is 0. The van der Waals surface area contributed by atoms with Crippen LogP contribution in [0.2, 0.25) is 12.6 Å². The zero-order valence-electron chi connectivity index (χ0n) is 29.3. The second-order valence-corrected chi connectivity index (χ2v) is 22.8. The molecular weight excluding hydrogens is 725 g/mol. The number of para-hydroxylation sites is 1. The summed E-state index contributed by atoms with van der Waals surface area (Å²) < 4.78 is 8.33. The number of nitrogens with zero attached hydrogens (tertiary/aromatic N) is 1. The predicted molar refractivity (Wildman–Crippen MR) is 209 cm³/mol. The number of ether oxygens (including phenoxy) is 1. The molecule has 0 N–H and O–H groups in total. The molecule has 1 aromatic heterocycles. The third-order valence-electron chi connectivity index (χ3n) is 10.6. The molecule has 0 saturated heterocycles. The van der Waals surface area contributed by atoms with E-state index in [0.717, 1.165) is 13.0 Å². The summed E-state index contributed by atoms with van der Waals surface area (Å²) in [6.45, 7) is 10.0. The number of halogens is 2. The number of hydrogen-bond acceptors (Lipinski definition) is 1. The summed E-state index contributed by atoms with van der Waals surface area (Å²) in [6.07, 6.45) is 10.2. The molecule has 0 aliphatic heterocycles. The molecule has 48 heavy (non-hydrogen) atoms. The minimum atomic E-state index is -1.97. The first kappa shape index (κ1) is 35.9. The van der Waals surface area contributed by atoms with Crippen molar-refractivity contribution in [2.45, 2.75) is 90.3 Å². The van der Waals surface area contributed by atoms with Gasteiger partial charge in [-0.15, -0.1) is 28.1 Å².